The lowest BCUT2D eigenvalue weighted by atomic mass is 10.2. The van der Waals surface area contributed by atoms with Gasteiger partial charge in [0.25, 0.3) is 0 Å². The fraction of sp³-hybridized carbons (Fsp3) is 0.571. The smallest absolute Gasteiger partial charge is 0.119 e. The van der Waals surface area contributed by atoms with E-state index in [1.165, 1.54) is 31.7 Å². The molecule has 4 heteroatoms. The van der Waals surface area contributed by atoms with E-state index in [0.717, 1.165) is 24.2 Å². The van der Waals surface area contributed by atoms with Crippen molar-refractivity contribution in [1.29, 1.82) is 0 Å². The quantitative estimate of drug-likeness (QED) is 0.777. The van der Waals surface area contributed by atoms with Gasteiger partial charge in [-0.3, -0.25) is 4.90 Å². The summed E-state index contributed by atoms with van der Waals surface area (Å²) >= 11 is 3.49. The van der Waals surface area contributed by atoms with Crippen molar-refractivity contribution in [2.75, 3.05) is 50.1 Å². The van der Waals surface area contributed by atoms with E-state index < -0.39 is 0 Å². The van der Waals surface area contributed by atoms with Crippen LogP contribution in [0.25, 0.3) is 0 Å². The molecule has 3 nitrogen and oxygen atoms in total. The van der Waals surface area contributed by atoms with Gasteiger partial charge >= 0.3 is 0 Å². The summed E-state index contributed by atoms with van der Waals surface area (Å²) in [6.45, 7) is 5.78. The number of ether oxygens (including phenoxy) is 1. The van der Waals surface area contributed by atoms with Gasteiger partial charge in [-0.2, -0.15) is 0 Å². The van der Waals surface area contributed by atoms with E-state index >= 15 is 0 Å². The number of hydrogen-bond donors (Lipinski definition) is 0. The molecule has 0 unspecified atom stereocenters. The van der Waals surface area contributed by atoms with Gasteiger partial charge in [-0.25, -0.2) is 0 Å². The number of methoxy groups -OCH3 is 1. The van der Waals surface area contributed by atoms with Gasteiger partial charge in [0, 0.05) is 37.2 Å². The molecule has 1 aromatic rings. The molecule has 0 aromatic heterocycles. The lowest BCUT2D eigenvalue weighted by Gasteiger charge is -2.36. The zero-order valence-electron chi connectivity index (χ0n) is 10.9. The Morgan fingerprint density at radius 3 is 2.33 bits per heavy atom. The van der Waals surface area contributed by atoms with E-state index in [0.29, 0.717) is 0 Å². The van der Waals surface area contributed by atoms with Crippen LogP contribution >= 0.6 is 15.9 Å². The van der Waals surface area contributed by atoms with Crippen LogP contribution in [-0.4, -0.2) is 50.1 Å². The molecule has 1 aromatic carbocycles. The molecule has 1 aliphatic rings. The first-order chi connectivity index (χ1) is 8.83. The molecule has 0 saturated carbocycles. The molecule has 1 saturated heterocycles. The number of halogens is 1. The summed E-state index contributed by atoms with van der Waals surface area (Å²) in [5, 5.41) is 1.10. The Morgan fingerprint density at radius 1 is 1.11 bits per heavy atom. The minimum absolute atomic E-state index is 0.926. The van der Waals surface area contributed by atoms with Crippen molar-refractivity contribution in [1.82, 2.24) is 4.90 Å². The minimum atomic E-state index is 0.926. The predicted molar refractivity (Wildman–Crippen MR) is 80.1 cm³/mol. The highest BCUT2D eigenvalue weighted by Gasteiger charge is 2.16. The second-order valence-electron chi connectivity index (χ2n) is 4.57. The number of nitrogens with zero attached hydrogens (tertiary/aromatic N) is 2. The molecule has 1 heterocycles. The van der Waals surface area contributed by atoms with Crippen molar-refractivity contribution < 1.29 is 4.74 Å². The van der Waals surface area contributed by atoms with Crippen LogP contribution in [0.2, 0.25) is 0 Å². The van der Waals surface area contributed by atoms with Crippen LogP contribution in [-0.2, 0) is 0 Å². The average Bonchev–Trinajstić information content (AvgIpc) is 2.46. The van der Waals surface area contributed by atoms with Gasteiger partial charge in [0.1, 0.15) is 5.75 Å². The fourth-order valence-corrected chi connectivity index (χ4v) is 2.56. The van der Waals surface area contributed by atoms with Crippen molar-refractivity contribution >= 4 is 21.6 Å². The molecular weight excluding hydrogens is 292 g/mol. The third kappa shape index (κ3) is 3.62. The summed E-state index contributed by atoms with van der Waals surface area (Å²) in [6, 6.07) is 8.36. The van der Waals surface area contributed by atoms with Gasteiger partial charge < -0.3 is 9.64 Å². The van der Waals surface area contributed by atoms with Crippen molar-refractivity contribution in [3.05, 3.63) is 24.3 Å². The number of rotatable bonds is 5. The SMILES string of the molecule is COc1ccc(N2CCN(CCCBr)CC2)cc1. The van der Waals surface area contributed by atoms with Gasteiger partial charge in [-0.1, -0.05) is 15.9 Å². The number of piperazine rings is 1. The zero-order valence-corrected chi connectivity index (χ0v) is 12.5. The Hall–Kier alpha value is -0.740. The number of anilines is 1. The molecule has 0 N–H and O–H groups in total. The van der Waals surface area contributed by atoms with Gasteiger partial charge in [0.2, 0.25) is 0 Å². The predicted octanol–water partition coefficient (Wildman–Crippen LogP) is 2.60. The van der Waals surface area contributed by atoms with Crippen LogP contribution in [0.5, 0.6) is 5.75 Å². The lowest BCUT2D eigenvalue weighted by Crippen LogP contribution is -2.46. The summed E-state index contributed by atoms with van der Waals surface area (Å²) < 4.78 is 5.19. The molecule has 0 amide bonds. The molecule has 0 bridgehead atoms. The van der Waals surface area contributed by atoms with Crippen molar-refractivity contribution in [3.8, 4) is 5.75 Å². The van der Waals surface area contributed by atoms with Crippen LogP contribution in [0.15, 0.2) is 24.3 Å². The third-order valence-electron chi connectivity index (χ3n) is 3.42. The van der Waals surface area contributed by atoms with E-state index in [1.807, 2.05) is 12.1 Å². The highest BCUT2D eigenvalue weighted by atomic mass is 79.9. The molecular formula is C14H21BrN2O. The summed E-state index contributed by atoms with van der Waals surface area (Å²) in [6.07, 6.45) is 1.24. The maximum Gasteiger partial charge on any atom is 0.119 e. The van der Waals surface area contributed by atoms with E-state index in [2.05, 4.69) is 37.9 Å². The molecule has 0 atom stereocenters. The normalized spacial score (nSPS) is 16.9. The minimum Gasteiger partial charge on any atom is -0.497 e. The highest BCUT2D eigenvalue weighted by Crippen LogP contribution is 2.20. The number of alkyl halides is 1. The summed E-state index contributed by atoms with van der Waals surface area (Å²) in [5.41, 5.74) is 1.30. The molecule has 2 rings (SSSR count). The molecule has 0 aliphatic carbocycles. The summed E-state index contributed by atoms with van der Waals surface area (Å²) in [7, 11) is 1.71. The monoisotopic (exact) mass is 312 g/mol. The maximum atomic E-state index is 5.19. The molecule has 0 radical (unpaired) electrons. The van der Waals surface area contributed by atoms with Crippen molar-refractivity contribution in [3.63, 3.8) is 0 Å². The Labute approximate surface area is 118 Å². The highest BCUT2D eigenvalue weighted by molar-refractivity contribution is 9.09. The first-order valence-corrected chi connectivity index (χ1v) is 7.63. The lowest BCUT2D eigenvalue weighted by molar-refractivity contribution is 0.259. The van der Waals surface area contributed by atoms with Gasteiger partial charge in [0.15, 0.2) is 0 Å². The van der Waals surface area contributed by atoms with E-state index in [4.69, 9.17) is 4.74 Å². The molecule has 1 fully saturated rings. The first kappa shape index (κ1) is 13.7. The van der Waals surface area contributed by atoms with Gasteiger partial charge in [-0.15, -0.1) is 0 Å². The average molecular weight is 313 g/mol. The van der Waals surface area contributed by atoms with Crippen molar-refractivity contribution in [2.45, 2.75) is 6.42 Å². The van der Waals surface area contributed by atoms with Crippen LogP contribution in [0.1, 0.15) is 6.42 Å². The Bertz CT molecular complexity index is 347. The summed E-state index contributed by atoms with van der Waals surface area (Å²) in [5.74, 6) is 0.926. The van der Waals surface area contributed by atoms with Gasteiger partial charge in [0.05, 0.1) is 7.11 Å². The molecule has 18 heavy (non-hydrogen) atoms. The molecule has 1 aliphatic heterocycles. The van der Waals surface area contributed by atoms with E-state index in [1.54, 1.807) is 7.11 Å². The van der Waals surface area contributed by atoms with Gasteiger partial charge in [-0.05, 0) is 37.2 Å². The van der Waals surface area contributed by atoms with E-state index in [9.17, 15) is 0 Å². The number of hydrogen-bond acceptors (Lipinski definition) is 3. The Morgan fingerprint density at radius 2 is 1.78 bits per heavy atom. The molecule has 0 spiro atoms. The largest absolute Gasteiger partial charge is 0.497 e. The van der Waals surface area contributed by atoms with E-state index in [-0.39, 0.29) is 0 Å². The van der Waals surface area contributed by atoms with Crippen LogP contribution < -0.4 is 9.64 Å². The van der Waals surface area contributed by atoms with Crippen molar-refractivity contribution in [2.24, 2.45) is 0 Å². The first-order valence-electron chi connectivity index (χ1n) is 6.51. The van der Waals surface area contributed by atoms with Crippen LogP contribution in [0, 0.1) is 0 Å². The Kier molecular flexibility index (Phi) is 5.32. The molecule has 100 valence electrons. The Balaban J connectivity index is 1.84. The fourth-order valence-electron chi connectivity index (χ4n) is 2.31. The van der Waals surface area contributed by atoms with Crippen LogP contribution in [0.4, 0.5) is 5.69 Å². The second-order valence-corrected chi connectivity index (χ2v) is 5.36. The summed E-state index contributed by atoms with van der Waals surface area (Å²) in [4.78, 5) is 4.99. The third-order valence-corrected chi connectivity index (χ3v) is 3.98. The topological polar surface area (TPSA) is 15.7 Å². The second kappa shape index (κ2) is 7.00. The number of benzene rings is 1. The standard InChI is InChI=1S/C14H21BrN2O/c1-18-14-5-3-13(4-6-14)17-11-9-16(10-12-17)8-2-7-15/h3-6H,2,7-12H2,1H3. The zero-order chi connectivity index (χ0) is 12.8. The maximum absolute atomic E-state index is 5.19. The van der Waals surface area contributed by atoms with Crippen LogP contribution in [0.3, 0.4) is 0 Å².